The molecule has 20 heavy (non-hydrogen) atoms. The van der Waals surface area contributed by atoms with Gasteiger partial charge in [-0.15, -0.1) is 0 Å². The molecule has 0 bridgehead atoms. The lowest BCUT2D eigenvalue weighted by Gasteiger charge is -2.23. The molecular weight excluding hydrogens is 255 g/mol. The maximum absolute atomic E-state index is 13.6. The van der Waals surface area contributed by atoms with Crippen LogP contribution in [0.25, 0.3) is 0 Å². The lowest BCUT2D eigenvalue weighted by atomic mass is 9.97. The first kappa shape index (κ1) is 13.1. The molecule has 1 aliphatic rings. The van der Waals surface area contributed by atoms with E-state index in [1.54, 1.807) is 0 Å². The lowest BCUT2D eigenvalue weighted by molar-refractivity contribution is 0.179. The molecule has 3 nitrogen and oxygen atoms in total. The zero-order chi connectivity index (χ0) is 14.1. The number of fused-ring (bicyclic) bond motifs is 1. The highest BCUT2D eigenvalue weighted by Gasteiger charge is 2.30. The summed E-state index contributed by atoms with van der Waals surface area (Å²) in [6.07, 6.45) is 0.638. The third-order valence-corrected chi connectivity index (χ3v) is 3.65. The molecule has 1 aliphatic heterocycles. The SMILES string of the molecule is Cc1cc(F)cc(C(NN)C2Cc3ccccc3O2)c1. The Labute approximate surface area is 117 Å². The summed E-state index contributed by atoms with van der Waals surface area (Å²) in [7, 11) is 0. The van der Waals surface area contributed by atoms with Crippen LogP contribution in [0, 0.1) is 12.7 Å². The number of nitrogens with two attached hydrogens (primary N) is 1. The first-order valence-electron chi connectivity index (χ1n) is 6.65. The van der Waals surface area contributed by atoms with Crippen molar-refractivity contribution >= 4 is 0 Å². The zero-order valence-electron chi connectivity index (χ0n) is 11.3. The minimum atomic E-state index is -0.254. The fourth-order valence-corrected chi connectivity index (χ4v) is 2.76. The Balaban J connectivity index is 1.88. The van der Waals surface area contributed by atoms with Crippen LogP contribution in [0.15, 0.2) is 42.5 Å². The van der Waals surface area contributed by atoms with Crippen molar-refractivity contribution in [3.63, 3.8) is 0 Å². The van der Waals surface area contributed by atoms with Gasteiger partial charge in [0.2, 0.25) is 0 Å². The second-order valence-electron chi connectivity index (χ2n) is 5.17. The number of hydrogen-bond donors (Lipinski definition) is 2. The van der Waals surface area contributed by atoms with Crippen molar-refractivity contribution in [2.24, 2.45) is 5.84 Å². The number of benzene rings is 2. The zero-order valence-corrected chi connectivity index (χ0v) is 11.3. The summed E-state index contributed by atoms with van der Waals surface area (Å²) in [5.41, 5.74) is 5.60. The molecule has 3 N–H and O–H groups in total. The highest BCUT2D eigenvalue weighted by atomic mass is 19.1. The van der Waals surface area contributed by atoms with Crippen LogP contribution >= 0.6 is 0 Å². The molecule has 0 aliphatic carbocycles. The van der Waals surface area contributed by atoms with Crippen molar-refractivity contribution in [1.82, 2.24) is 5.43 Å². The van der Waals surface area contributed by atoms with Crippen LogP contribution in [0.4, 0.5) is 4.39 Å². The number of nitrogens with one attached hydrogen (secondary N) is 1. The van der Waals surface area contributed by atoms with Crippen molar-refractivity contribution in [3.05, 3.63) is 65.0 Å². The van der Waals surface area contributed by atoms with Crippen LogP contribution < -0.4 is 16.0 Å². The van der Waals surface area contributed by atoms with Gasteiger partial charge in [-0.25, -0.2) is 9.82 Å². The average Bonchev–Trinajstić information content (AvgIpc) is 2.81. The summed E-state index contributed by atoms with van der Waals surface area (Å²) in [5, 5.41) is 0. The van der Waals surface area contributed by atoms with Gasteiger partial charge in [-0.3, -0.25) is 5.84 Å². The average molecular weight is 272 g/mol. The van der Waals surface area contributed by atoms with Gasteiger partial charge < -0.3 is 4.74 Å². The van der Waals surface area contributed by atoms with E-state index in [-0.39, 0.29) is 18.0 Å². The smallest absolute Gasteiger partial charge is 0.124 e. The standard InChI is InChI=1S/C16H17FN2O/c1-10-6-12(8-13(17)7-10)16(19-18)15-9-11-4-2-3-5-14(11)20-15/h2-8,15-16,19H,9,18H2,1H3. The van der Waals surface area contributed by atoms with Crippen LogP contribution in [0.2, 0.25) is 0 Å². The molecule has 4 heteroatoms. The molecule has 1 heterocycles. The van der Waals surface area contributed by atoms with Gasteiger partial charge in [0.25, 0.3) is 0 Å². The third kappa shape index (κ3) is 2.40. The first-order valence-corrected chi connectivity index (χ1v) is 6.65. The fourth-order valence-electron chi connectivity index (χ4n) is 2.76. The van der Waals surface area contributed by atoms with E-state index < -0.39 is 0 Å². The van der Waals surface area contributed by atoms with Crippen LogP contribution in [0.5, 0.6) is 5.75 Å². The van der Waals surface area contributed by atoms with E-state index in [2.05, 4.69) is 5.43 Å². The summed E-state index contributed by atoms with van der Waals surface area (Å²) in [6.45, 7) is 1.87. The van der Waals surface area contributed by atoms with Gasteiger partial charge in [-0.1, -0.05) is 24.3 Å². The first-order chi connectivity index (χ1) is 9.67. The van der Waals surface area contributed by atoms with E-state index in [0.717, 1.165) is 28.9 Å². The maximum Gasteiger partial charge on any atom is 0.124 e. The molecule has 0 fully saturated rings. The number of hydrazine groups is 1. The van der Waals surface area contributed by atoms with Crippen molar-refractivity contribution in [1.29, 1.82) is 0 Å². The molecule has 0 amide bonds. The number of halogens is 1. The normalized spacial score (nSPS) is 18.4. The van der Waals surface area contributed by atoms with Crippen LogP contribution in [-0.2, 0) is 6.42 Å². The number of ether oxygens (including phenoxy) is 1. The van der Waals surface area contributed by atoms with Gasteiger partial charge in [0.05, 0.1) is 6.04 Å². The van der Waals surface area contributed by atoms with E-state index >= 15 is 0 Å². The van der Waals surface area contributed by atoms with Crippen LogP contribution in [-0.4, -0.2) is 6.10 Å². The molecular formula is C16H17FN2O. The van der Waals surface area contributed by atoms with Gasteiger partial charge >= 0.3 is 0 Å². The van der Waals surface area contributed by atoms with E-state index in [4.69, 9.17) is 10.6 Å². The largest absolute Gasteiger partial charge is 0.488 e. The molecule has 2 aromatic rings. The van der Waals surface area contributed by atoms with E-state index in [1.807, 2.05) is 37.3 Å². The number of para-hydroxylation sites is 1. The molecule has 0 saturated heterocycles. The third-order valence-electron chi connectivity index (χ3n) is 3.65. The summed E-state index contributed by atoms with van der Waals surface area (Å²) < 4.78 is 19.5. The second kappa shape index (κ2) is 5.23. The Hall–Kier alpha value is -1.91. The summed E-state index contributed by atoms with van der Waals surface area (Å²) in [4.78, 5) is 0. The maximum atomic E-state index is 13.6. The molecule has 2 atom stereocenters. The lowest BCUT2D eigenvalue weighted by Crippen LogP contribution is -2.39. The number of aryl methyl sites for hydroxylation is 1. The van der Waals surface area contributed by atoms with Gasteiger partial charge in [-0.05, 0) is 41.8 Å². The Morgan fingerprint density at radius 1 is 1.30 bits per heavy atom. The van der Waals surface area contributed by atoms with Crippen LogP contribution in [0.1, 0.15) is 22.7 Å². The summed E-state index contributed by atoms with van der Waals surface area (Å²) >= 11 is 0. The minimum Gasteiger partial charge on any atom is -0.488 e. The fraction of sp³-hybridized carbons (Fsp3) is 0.250. The van der Waals surface area contributed by atoms with Gasteiger partial charge in [0, 0.05) is 6.42 Å². The second-order valence-corrected chi connectivity index (χ2v) is 5.17. The van der Waals surface area contributed by atoms with Crippen molar-refractivity contribution in [2.45, 2.75) is 25.5 Å². The quantitative estimate of drug-likeness (QED) is 0.667. The van der Waals surface area contributed by atoms with Gasteiger partial charge in [-0.2, -0.15) is 0 Å². The van der Waals surface area contributed by atoms with E-state index in [9.17, 15) is 4.39 Å². The number of hydrogen-bond acceptors (Lipinski definition) is 3. The highest BCUT2D eigenvalue weighted by Crippen LogP contribution is 2.34. The summed E-state index contributed by atoms with van der Waals surface area (Å²) in [6, 6.07) is 12.6. The molecule has 0 saturated carbocycles. The molecule has 0 radical (unpaired) electrons. The Morgan fingerprint density at radius 2 is 2.10 bits per heavy atom. The predicted molar refractivity (Wildman–Crippen MR) is 75.8 cm³/mol. The Kier molecular flexibility index (Phi) is 3.42. The molecule has 2 unspecified atom stereocenters. The van der Waals surface area contributed by atoms with Crippen molar-refractivity contribution in [3.8, 4) is 5.75 Å². The predicted octanol–water partition coefficient (Wildman–Crippen LogP) is 2.64. The molecule has 104 valence electrons. The van der Waals surface area contributed by atoms with Gasteiger partial charge in [0.1, 0.15) is 17.7 Å². The molecule has 2 aromatic carbocycles. The van der Waals surface area contributed by atoms with Crippen molar-refractivity contribution in [2.75, 3.05) is 0 Å². The minimum absolute atomic E-state index is 0.126. The topological polar surface area (TPSA) is 47.3 Å². The highest BCUT2D eigenvalue weighted by molar-refractivity contribution is 5.39. The molecule has 3 rings (SSSR count). The Morgan fingerprint density at radius 3 is 2.80 bits per heavy atom. The van der Waals surface area contributed by atoms with E-state index in [0.29, 0.717) is 0 Å². The molecule has 0 spiro atoms. The van der Waals surface area contributed by atoms with Crippen molar-refractivity contribution < 1.29 is 9.13 Å². The monoisotopic (exact) mass is 272 g/mol. The number of rotatable bonds is 3. The van der Waals surface area contributed by atoms with Gasteiger partial charge in [0.15, 0.2) is 0 Å². The van der Waals surface area contributed by atoms with E-state index in [1.165, 1.54) is 12.1 Å². The Bertz CT molecular complexity index is 584. The van der Waals surface area contributed by atoms with Crippen LogP contribution in [0.3, 0.4) is 0 Å². The summed E-state index contributed by atoms with van der Waals surface area (Å²) in [5.74, 6) is 6.29. The molecule has 0 aromatic heterocycles.